The molecular weight excluding hydrogens is 250 g/mol. The van der Waals surface area contributed by atoms with E-state index < -0.39 is 5.60 Å². The molecule has 2 unspecified atom stereocenters. The van der Waals surface area contributed by atoms with E-state index in [0.717, 1.165) is 5.56 Å². The molecule has 1 heterocycles. The molecule has 4 nitrogen and oxygen atoms in total. The van der Waals surface area contributed by atoms with Gasteiger partial charge in [0, 0.05) is 0 Å². The average molecular weight is 271 g/mol. The zero-order valence-electron chi connectivity index (χ0n) is 12.0. The van der Waals surface area contributed by atoms with Crippen molar-refractivity contribution in [3.63, 3.8) is 0 Å². The minimum absolute atomic E-state index is 0.217. The maximum Gasteiger partial charge on any atom is 0.137 e. The quantitative estimate of drug-likeness (QED) is 0.909. The average Bonchev–Trinajstić information content (AvgIpc) is 3.17. The molecule has 1 aliphatic rings. The molecule has 3 rings (SSSR count). The number of hydrogen-bond donors (Lipinski definition) is 1. The van der Waals surface area contributed by atoms with Crippen molar-refractivity contribution in [2.75, 3.05) is 0 Å². The van der Waals surface area contributed by atoms with Gasteiger partial charge in [-0.25, -0.2) is 9.67 Å². The van der Waals surface area contributed by atoms with E-state index >= 15 is 0 Å². The molecule has 2 atom stereocenters. The van der Waals surface area contributed by atoms with Gasteiger partial charge < -0.3 is 5.11 Å². The van der Waals surface area contributed by atoms with Crippen LogP contribution in [0.2, 0.25) is 0 Å². The first-order chi connectivity index (χ1) is 9.59. The highest BCUT2D eigenvalue weighted by Crippen LogP contribution is 2.46. The molecule has 4 heteroatoms. The SMILES string of the molecule is Cc1ccc(C(O)(Cn2cncn2)C(C)C2CC2)cc1. The van der Waals surface area contributed by atoms with Crippen LogP contribution in [0, 0.1) is 18.8 Å². The van der Waals surface area contributed by atoms with Crippen LogP contribution in [0.3, 0.4) is 0 Å². The first-order valence-electron chi connectivity index (χ1n) is 7.21. The van der Waals surface area contributed by atoms with Gasteiger partial charge in [0.15, 0.2) is 0 Å². The Morgan fingerprint density at radius 3 is 2.60 bits per heavy atom. The highest BCUT2D eigenvalue weighted by molar-refractivity contribution is 5.27. The normalized spacial score (nSPS) is 19.6. The Kier molecular flexibility index (Phi) is 3.34. The maximum absolute atomic E-state index is 11.3. The topological polar surface area (TPSA) is 50.9 Å². The number of nitrogens with zero attached hydrogens (tertiary/aromatic N) is 3. The highest BCUT2D eigenvalue weighted by Gasteiger charge is 2.44. The molecule has 0 spiro atoms. The van der Waals surface area contributed by atoms with Gasteiger partial charge in [-0.05, 0) is 37.2 Å². The third-order valence-electron chi connectivity index (χ3n) is 4.50. The van der Waals surface area contributed by atoms with Crippen molar-refractivity contribution in [2.45, 2.75) is 38.8 Å². The Morgan fingerprint density at radius 2 is 2.05 bits per heavy atom. The van der Waals surface area contributed by atoms with Crippen LogP contribution in [-0.4, -0.2) is 19.9 Å². The van der Waals surface area contributed by atoms with Crippen LogP contribution < -0.4 is 0 Å². The van der Waals surface area contributed by atoms with Gasteiger partial charge in [-0.15, -0.1) is 0 Å². The second kappa shape index (κ2) is 5.02. The summed E-state index contributed by atoms with van der Waals surface area (Å²) in [6.45, 7) is 4.66. The van der Waals surface area contributed by atoms with Gasteiger partial charge in [0.25, 0.3) is 0 Å². The van der Waals surface area contributed by atoms with Crippen LogP contribution >= 0.6 is 0 Å². The summed E-state index contributed by atoms with van der Waals surface area (Å²) >= 11 is 0. The van der Waals surface area contributed by atoms with E-state index in [2.05, 4.69) is 36.1 Å². The lowest BCUT2D eigenvalue weighted by molar-refractivity contribution is -0.0442. The van der Waals surface area contributed by atoms with Gasteiger partial charge >= 0.3 is 0 Å². The number of hydrogen-bond acceptors (Lipinski definition) is 3. The van der Waals surface area contributed by atoms with Gasteiger partial charge in [0.05, 0.1) is 6.54 Å². The molecule has 1 aliphatic carbocycles. The van der Waals surface area contributed by atoms with Crippen molar-refractivity contribution in [2.24, 2.45) is 11.8 Å². The van der Waals surface area contributed by atoms with Crippen molar-refractivity contribution in [3.8, 4) is 0 Å². The van der Waals surface area contributed by atoms with E-state index in [-0.39, 0.29) is 5.92 Å². The molecule has 0 radical (unpaired) electrons. The molecule has 1 saturated carbocycles. The first kappa shape index (κ1) is 13.3. The summed E-state index contributed by atoms with van der Waals surface area (Å²) in [4.78, 5) is 3.97. The summed E-state index contributed by atoms with van der Waals surface area (Å²) in [5.74, 6) is 0.833. The van der Waals surface area contributed by atoms with Crippen LogP contribution in [0.25, 0.3) is 0 Å². The summed E-state index contributed by atoms with van der Waals surface area (Å²) < 4.78 is 1.72. The lowest BCUT2D eigenvalue weighted by Crippen LogP contribution is -2.39. The van der Waals surface area contributed by atoms with Crippen molar-refractivity contribution < 1.29 is 5.11 Å². The number of aliphatic hydroxyl groups is 1. The fourth-order valence-electron chi connectivity index (χ4n) is 2.89. The standard InChI is InChI=1S/C16H21N3O/c1-12-3-7-15(8-4-12)16(20,13(2)14-5-6-14)9-19-11-17-10-18-19/h3-4,7-8,10-11,13-14,20H,5-6,9H2,1-2H3. The van der Waals surface area contributed by atoms with E-state index in [1.54, 1.807) is 11.0 Å². The fraction of sp³-hybridized carbons (Fsp3) is 0.500. The Hall–Kier alpha value is -1.68. The molecule has 0 amide bonds. The molecule has 1 aromatic carbocycles. The van der Waals surface area contributed by atoms with E-state index in [1.807, 2.05) is 12.1 Å². The van der Waals surface area contributed by atoms with Gasteiger partial charge in [0.1, 0.15) is 18.3 Å². The van der Waals surface area contributed by atoms with Crippen LogP contribution in [0.15, 0.2) is 36.9 Å². The van der Waals surface area contributed by atoms with Crippen LogP contribution in [0.5, 0.6) is 0 Å². The second-order valence-corrected chi connectivity index (χ2v) is 6.01. The van der Waals surface area contributed by atoms with E-state index in [0.29, 0.717) is 12.5 Å². The van der Waals surface area contributed by atoms with Gasteiger partial charge in [-0.1, -0.05) is 36.8 Å². The van der Waals surface area contributed by atoms with Crippen LogP contribution in [0.1, 0.15) is 30.9 Å². The third-order valence-corrected chi connectivity index (χ3v) is 4.50. The smallest absolute Gasteiger partial charge is 0.137 e. The molecule has 1 fully saturated rings. The summed E-state index contributed by atoms with van der Waals surface area (Å²) in [6, 6.07) is 8.18. The summed E-state index contributed by atoms with van der Waals surface area (Å²) in [5.41, 5.74) is 1.29. The molecule has 1 N–H and O–H groups in total. The molecule has 0 aliphatic heterocycles. The van der Waals surface area contributed by atoms with Crippen molar-refractivity contribution in [3.05, 3.63) is 48.0 Å². The molecule has 0 saturated heterocycles. The molecule has 0 bridgehead atoms. The van der Waals surface area contributed by atoms with E-state index in [4.69, 9.17) is 0 Å². The van der Waals surface area contributed by atoms with Gasteiger partial charge in [-0.3, -0.25) is 0 Å². The van der Waals surface area contributed by atoms with E-state index in [1.165, 1.54) is 24.7 Å². The molecular formula is C16H21N3O. The highest BCUT2D eigenvalue weighted by atomic mass is 16.3. The monoisotopic (exact) mass is 271 g/mol. The van der Waals surface area contributed by atoms with Crippen molar-refractivity contribution in [1.82, 2.24) is 14.8 Å². The number of aryl methyl sites for hydroxylation is 1. The summed E-state index contributed by atoms with van der Waals surface area (Å²) in [7, 11) is 0. The minimum atomic E-state index is -0.886. The number of rotatable bonds is 5. The zero-order valence-corrected chi connectivity index (χ0v) is 12.0. The fourth-order valence-corrected chi connectivity index (χ4v) is 2.89. The zero-order chi connectivity index (χ0) is 14.2. The number of benzene rings is 1. The molecule has 106 valence electrons. The van der Waals surface area contributed by atoms with E-state index in [9.17, 15) is 5.11 Å². The minimum Gasteiger partial charge on any atom is -0.383 e. The third kappa shape index (κ3) is 2.48. The van der Waals surface area contributed by atoms with Crippen LogP contribution in [0.4, 0.5) is 0 Å². The predicted molar refractivity (Wildman–Crippen MR) is 77.0 cm³/mol. The molecule has 2 aromatic rings. The summed E-state index contributed by atoms with van der Waals surface area (Å²) in [5, 5.41) is 15.5. The maximum atomic E-state index is 11.3. The predicted octanol–water partition coefficient (Wildman–Crippen LogP) is 2.52. The largest absolute Gasteiger partial charge is 0.383 e. The Balaban J connectivity index is 1.95. The van der Waals surface area contributed by atoms with Gasteiger partial charge in [0.2, 0.25) is 0 Å². The Bertz CT molecular complexity index is 560. The second-order valence-electron chi connectivity index (χ2n) is 6.01. The summed E-state index contributed by atoms with van der Waals surface area (Å²) in [6.07, 6.45) is 5.61. The van der Waals surface area contributed by atoms with Crippen molar-refractivity contribution >= 4 is 0 Å². The lowest BCUT2D eigenvalue weighted by Gasteiger charge is -2.35. The Labute approximate surface area is 119 Å². The lowest BCUT2D eigenvalue weighted by atomic mass is 9.79. The number of aromatic nitrogens is 3. The van der Waals surface area contributed by atoms with Crippen LogP contribution in [-0.2, 0) is 12.1 Å². The molecule has 1 aromatic heterocycles. The van der Waals surface area contributed by atoms with Crippen molar-refractivity contribution in [1.29, 1.82) is 0 Å². The molecule has 20 heavy (non-hydrogen) atoms. The first-order valence-corrected chi connectivity index (χ1v) is 7.21. The van der Waals surface area contributed by atoms with Gasteiger partial charge in [-0.2, -0.15) is 5.10 Å². The Morgan fingerprint density at radius 1 is 1.35 bits per heavy atom.